The minimum absolute atomic E-state index is 0.723. The van der Waals surface area contributed by atoms with Crippen molar-refractivity contribution in [3.8, 4) is 0 Å². The van der Waals surface area contributed by atoms with Crippen molar-refractivity contribution in [3.63, 3.8) is 0 Å². The molecule has 2 heterocycles. The van der Waals surface area contributed by atoms with Crippen molar-refractivity contribution in [1.82, 2.24) is 10.2 Å². The van der Waals surface area contributed by atoms with Crippen LogP contribution in [0.5, 0.6) is 0 Å². The van der Waals surface area contributed by atoms with Gasteiger partial charge in [-0.05, 0) is 52.0 Å². The molecule has 0 saturated carbocycles. The molecule has 3 atom stereocenters. The molecule has 3 unspecified atom stereocenters. The zero-order valence-corrected chi connectivity index (χ0v) is 12.3. The predicted octanol–water partition coefficient (Wildman–Crippen LogP) is 2.26. The van der Waals surface area contributed by atoms with E-state index in [2.05, 4.69) is 31.0 Å². The number of hydrogen-bond acceptors (Lipinski definition) is 3. The largest absolute Gasteiger partial charge is 0.381 e. The molecule has 3 heteroatoms. The summed E-state index contributed by atoms with van der Waals surface area (Å²) in [6.45, 7) is 11.3. The number of hydrogen-bond donors (Lipinski definition) is 1. The van der Waals surface area contributed by atoms with Gasteiger partial charge in [-0.1, -0.05) is 6.92 Å². The molecule has 18 heavy (non-hydrogen) atoms. The van der Waals surface area contributed by atoms with Crippen molar-refractivity contribution in [3.05, 3.63) is 0 Å². The monoisotopic (exact) mass is 254 g/mol. The zero-order chi connectivity index (χ0) is 13.0. The summed E-state index contributed by atoms with van der Waals surface area (Å²) in [5.74, 6) is 0.844. The Kier molecular flexibility index (Phi) is 5.46. The molecule has 2 rings (SSSR count). The lowest BCUT2D eigenvalue weighted by molar-refractivity contribution is 0.00675. The van der Waals surface area contributed by atoms with Gasteiger partial charge in [-0.15, -0.1) is 0 Å². The molecule has 2 saturated heterocycles. The molecule has 0 aromatic carbocycles. The highest BCUT2D eigenvalue weighted by Crippen LogP contribution is 2.28. The van der Waals surface area contributed by atoms with Crippen LogP contribution < -0.4 is 5.32 Å². The van der Waals surface area contributed by atoms with E-state index in [4.69, 9.17) is 4.74 Å². The van der Waals surface area contributed by atoms with Crippen molar-refractivity contribution >= 4 is 0 Å². The predicted molar refractivity (Wildman–Crippen MR) is 75.9 cm³/mol. The van der Waals surface area contributed by atoms with Crippen molar-refractivity contribution < 1.29 is 4.74 Å². The van der Waals surface area contributed by atoms with Crippen molar-refractivity contribution in [2.24, 2.45) is 5.92 Å². The van der Waals surface area contributed by atoms with Crippen LogP contribution in [0.3, 0.4) is 0 Å². The first-order valence-corrected chi connectivity index (χ1v) is 7.79. The molecule has 106 valence electrons. The third-order valence-corrected chi connectivity index (χ3v) is 4.89. The fourth-order valence-electron chi connectivity index (χ4n) is 3.74. The van der Waals surface area contributed by atoms with Crippen molar-refractivity contribution in [1.29, 1.82) is 0 Å². The summed E-state index contributed by atoms with van der Waals surface area (Å²) in [5.41, 5.74) is 0. The first-order chi connectivity index (χ1) is 8.72. The SMILES string of the molecule is CCNC1CCN(C(C)C2CCOCC2)C(C)C1. The summed E-state index contributed by atoms with van der Waals surface area (Å²) in [7, 11) is 0. The summed E-state index contributed by atoms with van der Waals surface area (Å²) in [4.78, 5) is 2.74. The standard InChI is InChI=1S/C15H30N2O/c1-4-16-15-5-8-17(12(2)11-15)13(3)14-6-9-18-10-7-14/h12-16H,4-11H2,1-3H3. The molecule has 2 fully saturated rings. The Morgan fingerprint density at radius 1 is 1.28 bits per heavy atom. The molecule has 0 radical (unpaired) electrons. The van der Waals surface area contributed by atoms with E-state index in [1.54, 1.807) is 0 Å². The number of rotatable bonds is 4. The molecular formula is C15H30N2O. The second-order valence-corrected chi connectivity index (χ2v) is 6.06. The molecule has 2 aliphatic rings. The highest BCUT2D eigenvalue weighted by atomic mass is 16.5. The summed E-state index contributed by atoms with van der Waals surface area (Å²) < 4.78 is 5.48. The smallest absolute Gasteiger partial charge is 0.0469 e. The van der Waals surface area contributed by atoms with Crippen LogP contribution in [0, 0.1) is 5.92 Å². The molecule has 2 aliphatic heterocycles. The van der Waals surface area contributed by atoms with Crippen LogP contribution in [0.2, 0.25) is 0 Å². The molecule has 0 aliphatic carbocycles. The second kappa shape index (κ2) is 6.88. The van der Waals surface area contributed by atoms with E-state index in [1.165, 1.54) is 32.2 Å². The lowest BCUT2D eigenvalue weighted by atomic mass is 9.88. The van der Waals surface area contributed by atoms with E-state index in [-0.39, 0.29) is 0 Å². The van der Waals surface area contributed by atoms with Crippen molar-refractivity contribution in [2.45, 2.75) is 64.6 Å². The molecule has 0 spiro atoms. The van der Waals surface area contributed by atoms with Gasteiger partial charge in [0.1, 0.15) is 0 Å². The summed E-state index contributed by atoms with van der Waals surface area (Å²) in [5, 5.41) is 3.61. The van der Waals surface area contributed by atoms with E-state index in [9.17, 15) is 0 Å². The third-order valence-electron chi connectivity index (χ3n) is 4.89. The zero-order valence-electron chi connectivity index (χ0n) is 12.3. The van der Waals surface area contributed by atoms with Crippen LogP contribution >= 0.6 is 0 Å². The van der Waals surface area contributed by atoms with Gasteiger partial charge in [-0.2, -0.15) is 0 Å². The van der Waals surface area contributed by atoms with Crippen molar-refractivity contribution in [2.75, 3.05) is 26.3 Å². The van der Waals surface area contributed by atoms with Gasteiger partial charge in [0, 0.05) is 37.9 Å². The van der Waals surface area contributed by atoms with Gasteiger partial charge in [-0.25, -0.2) is 0 Å². The van der Waals surface area contributed by atoms with E-state index in [1.807, 2.05) is 0 Å². The Bertz CT molecular complexity index is 241. The van der Waals surface area contributed by atoms with E-state index >= 15 is 0 Å². The van der Waals surface area contributed by atoms with Gasteiger partial charge >= 0.3 is 0 Å². The maximum atomic E-state index is 5.48. The number of likely N-dealkylation sites (tertiary alicyclic amines) is 1. The number of piperidine rings is 1. The summed E-state index contributed by atoms with van der Waals surface area (Å²) >= 11 is 0. The fourth-order valence-corrected chi connectivity index (χ4v) is 3.74. The quantitative estimate of drug-likeness (QED) is 0.833. The van der Waals surface area contributed by atoms with Crippen LogP contribution in [0.15, 0.2) is 0 Å². The third kappa shape index (κ3) is 3.46. The number of nitrogens with one attached hydrogen (secondary N) is 1. The topological polar surface area (TPSA) is 24.5 Å². The van der Waals surface area contributed by atoms with Crippen LogP contribution in [-0.2, 0) is 4.74 Å². The molecule has 0 bridgehead atoms. The normalized spacial score (nSPS) is 33.5. The van der Waals surface area contributed by atoms with Gasteiger partial charge < -0.3 is 10.1 Å². The van der Waals surface area contributed by atoms with Gasteiger partial charge in [0.15, 0.2) is 0 Å². The first kappa shape index (κ1) is 14.3. The Labute approximate surface area is 112 Å². The number of nitrogens with zero attached hydrogens (tertiary/aromatic N) is 1. The van der Waals surface area contributed by atoms with E-state index in [0.717, 1.165) is 43.8 Å². The molecular weight excluding hydrogens is 224 g/mol. The number of ether oxygens (including phenoxy) is 1. The fraction of sp³-hybridized carbons (Fsp3) is 1.00. The average molecular weight is 254 g/mol. The summed E-state index contributed by atoms with van der Waals surface area (Å²) in [6, 6.07) is 2.19. The summed E-state index contributed by atoms with van der Waals surface area (Å²) in [6.07, 6.45) is 5.12. The Morgan fingerprint density at radius 2 is 2.00 bits per heavy atom. The minimum Gasteiger partial charge on any atom is -0.381 e. The molecule has 1 N–H and O–H groups in total. The van der Waals surface area contributed by atoms with Crippen LogP contribution in [-0.4, -0.2) is 49.3 Å². The van der Waals surface area contributed by atoms with Gasteiger partial charge in [0.05, 0.1) is 0 Å². The highest BCUT2D eigenvalue weighted by molar-refractivity contribution is 4.88. The van der Waals surface area contributed by atoms with Gasteiger partial charge in [0.25, 0.3) is 0 Å². The average Bonchev–Trinajstić information content (AvgIpc) is 2.40. The lowest BCUT2D eigenvalue weighted by Crippen LogP contribution is -2.53. The van der Waals surface area contributed by atoms with Gasteiger partial charge in [-0.3, -0.25) is 4.90 Å². The molecule has 0 aromatic heterocycles. The molecule has 3 nitrogen and oxygen atoms in total. The second-order valence-electron chi connectivity index (χ2n) is 6.06. The maximum Gasteiger partial charge on any atom is 0.0469 e. The minimum atomic E-state index is 0.723. The van der Waals surface area contributed by atoms with Crippen LogP contribution in [0.1, 0.15) is 46.5 Å². The van der Waals surface area contributed by atoms with E-state index in [0.29, 0.717) is 0 Å². The Morgan fingerprint density at radius 3 is 2.61 bits per heavy atom. The van der Waals surface area contributed by atoms with Gasteiger partial charge in [0.2, 0.25) is 0 Å². The lowest BCUT2D eigenvalue weighted by Gasteiger charge is -2.44. The van der Waals surface area contributed by atoms with Crippen LogP contribution in [0.4, 0.5) is 0 Å². The van der Waals surface area contributed by atoms with Crippen LogP contribution in [0.25, 0.3) is 0 Å². The highest BCUT2D eigenvalue weighted by Gasteiger charge is 2.32. The van der Waals surface area contributed by atoms with E-state index < -0.39 is 0 Å². The first-order valence-electron chi connectivity index (χ1n) is 7.79. The maximum absolute atomic E-state index is 5.48. The molecule has 0 aromatic rings. The Hall–Kier alpha value is -0.120. The molecule has 0 amide bonds. The Balaban J connectivity index is 1.85.